The van der Waals surface area contributed by atoms with Gasteiger partial charge in [0.2, 0.25) is 5.95 Å². The molecule has 0 radical (unpaired) electrons. The molecular formula is C16H19FN4O. The highest BCUT2D eigenvalue weighted by molar-refractivity contribution is 5.92. The number of nitrogens with one attached hydrogen (secondary N) is 2. The van der Waals surface area contributed by atoms with E-state index in [-0.39, 0.29) is 11.7 Å². The number of halogens is 1. The van der Waals surface area contributed by atoms with Gasteiger partial charge in [-0.3, -0.25) is 4.79 Å². The van der Waals surface area contributed by atoms with Crippen LogP contribution in [0.5, 0.6) is 0 Å². The molecule has 0 aliphatic carbocycles. The number of carbonyl (C=O) groups is 1. The predicted octanol–water partition coefficient (Wildman–Crippen LogP) is 3.05. The first kappa shape index (κ1) is 15.9. The summed E-state index contributed by atoms with van der Waals surface area (Å²) in [4.78, 5) is 20.5. The second kappa shape index (κ2) is 6.98. The number of aryl methyl sites for hydroxylation is 1. The maximum Gasteiger partial charge on any atom is 0.270 e. The molecule has 1 heterocycles. The van der Waals surface area contributed by atoms with Crippen LogP contribution >= 0.6 is 0 Å². The highest BCUT2D eigenvalue weighted by Crippen LogP contribution is 2.14. The van der Waals surface area contributed by atoms with Crippen molar-refractivity contribution < 1.29 is 9.18 Å². The quantitative estimate of drug-likeness (QED) is 0.891. The van der Waals surface area contributed by atoms with E-state index in [1.165, 1.54) is 12.1 Å². The Kier molecular flexibility index (Phi) is 5.04. The summed E-state index contributed by atoms with van der Waals surface area (Å²) in [5, 5.41) is 5.78. The van der Waals surface area contributed by atoms with E-state index in [0.29, 0.717) is 35.5 Å². The van der Waals surface area contributed by atoms with Crippen LogP contribution in [0.4, 0.5) is 16.0 Å². The lowest BCUT2D eigenvalue weighted by Crippen LogP contribution is -2.28. The van der Waals surface area contributed by atoms with Crippen molar-refractivity contribution in [2.24, 2.45) is 5.92 Å². The zero-order valence-electron chi connectivity index (χ0n) is 12.9. The van der Waals surface area contributed by atoms with Gasteiger partial charge in [0.1, 0.15) is 11.5 Å². The maximum absolute atomic E-state index is 12.9. The van der Waals surface area contributed by atoms with Crippen molar-refractivity contribution in [1.29, 1.82) is 0 Å². The Morgan fingerprint density at radius 2 is 1.91 bits per heavy atom. The average Bonchev–Trinajstić information content (AvgIpc) is 2.46. The molecule has 0 spiro atoms. The Balaban J connectivity index is 2.15. The summed E-state index contributed by atoms with van der Waals surface area (Å²) in [6, 6.07) is 7.48. The Labute approximate surface area is 129 Å². The Morgan fingerprint density at radius 1 is 1.23 bits per heavy atom. The molecule has 22 heavy (non-hydrogen) atoms. The Bertz CT molecular complexity index is 656. The van der Waals surface area contributed by atoms with E-state index < -0.39 is 0 Å². The largest absolute Gasteiger partial charge is 0.350 e. The summed E-state index contributed by atoms with van der Waals surface area (Å²) in [5.74, 6) is 0.121. The van der Waals surface area contributed by atoms with Crippen molar-refractivity contribution in [3.63, 3.8) is 0 Å². The van der Waals surface area contributed by atoms with E-state index in [1.54, 1.807) is 25.1 Å². The van der Waals surface area contributed by atoms with Gasteiger partial charge >= 0.3 is 0 Å². The smallest absolute Gasteiger partial charge is 0.270 e. The van der Waals surface area contributed by atoms with E-state index >= 15 is 0 Å². The van der Waals surface area contributed by atoms with Gasteiger partial charge in [0.15, 0.2) is 0 Å². The van der Waals surface area contributed by atoms with Crippen LogP contribution in [0.2, 0.25) is 0 Å². The third kappa shape index (κ3) is 4.51. The zero-order valence-corrected chi connectivity index (χ0v) is 12.9. The molecule has 0 saturated heterocycles. The van der Waals surface area contributed by atoms with Crippen LogP contribution in [0.3, 0.4) is 0 Å². The van der Waals surface area contributed by atoms with Crippen LogP contribution in [-0.4, -0.2) is 22.4 Å². The van der Waals surface area contributed by atoms with Gasteiger partial charge in [-0.25, -0.2) is 14.4 Å². The van der Waals surface area contributed by atoms with Gasteiger partial charge in [-0.15, -0.1) is 0 Å². The van der Waals surface area contributed by atoms with Crippen molar-refractivity contribution in [3.05, 3.63) is 47.5 Å². The number of hydrogen-bond acceptors (Lipinski definition) is 4. The summed E-state index contributed by atoms with van der Waals surface area (Å²) in [5.41, 5.74) is 1.63. The standard InChI is InChI=1S/C16H19FN4O/c1-10(2)9-18-15(22)14-8-11(3)19-16(21-14)20-13-6-4-12(17)5-7-13/h4-8,10H,9H2,1-3H3,(H,18,22)(H,19,20,21). The Hall–Kier alpha value is -2.50. The summed E-state index contributed by atoms with van der Waals surface area (Å²) in [6.45, 7) is 6.42. The van der Waals surface area contributed by atoms with E-state index in [9.17, 15) is 9.18 Å². The summed E-state index contributed by atoms with van der Waals surface area (Å²) in [6.07, 6.45) is 0. The molecule has 6 heteroatoms. The van der Waals surface area contributed by atoms with Crippen LogP contribution < -0.4 is 10.6 Å². The lowest BCUT2D eigenvalue weighted by Gasteiger charge is -2.10. The minimum absolute atomic E-state index is 0.235. The molecule has 1 aromatic heterocycles. The molecule has 1 aromatic carbocycles. The number of carbonyl (C=O) groups excluding carboxylic acids is 1. The first-order chi connectivity index (χ1) is 10.4. The Morgan fingerprint density at radius 3 is 2.55 bits per heavy atom. The molecular weight excluding hydrogens is 283 g/mol. The first-order valence-corrected chi connectivity index (χ1v) is 7.10. The minimum Gasteiger partial charge on any atom is -0.350 e. The van der Waals surface area contributed by atoms with E-state index in [4.69, 9.17) is 0 Å². The third-order valence-electron chi connectivity index (χ3n) is 2.86. The molecule has 0 unspecified atom stereocenters. The zero-order chi connectivity index (χ0) is 16.1. The molecule has 1 amide bonds. The molecule has 2 N–H and O–H groups in total. The van der Waals surface area contributed by atoms with Crippen LogP contribution in [0.15, 0.2) is 30.3 Å². The van der Waals surface area contributed by atoms with Crippen molar-refractivity contribution in [2.45, 2.75) is 20.8 Å². The van der Waals surface area contributed by atoms with Crippen LogP contribution in [-0.2, 0) is 0 Å². The fraction of sp³-hybridized carbons (Fsp3) is 0.312. The summed E-state index contributed by atoms with van der Waals surface area (Å²) < 4.78 is 12.9. The number of rotatable bonds is 5. The number of hydrogen-bond donors (Lipinski definition) is 2. The number of nitrogens with zero attached hydrogens (tertiary/aromatic N) is 2. The van der Waals surface area contributed by atoms with E-state index in [2.05, 4.69) is 20.6 Å². The van der Waals surface area contributed by atoms with Gasteiger partial charge in [-0.1, -0.05) is 13.8 Å². The van der Waals surface area contributed by atoms with Gasteiger partial charge in [0, 0.05) is 17.9 Å². The highest BCUT2D eigenvalue weighted by Gasteiger charge is 2.11. The highest BCUT2D eigenvalue weighted by atomic mass is 19.1. The van der Waals surface area contributed by atoms with Gasteiger partial charge in [-0.05, 0) is 43.2 Å². The topological polar surface area (TPSA) is 66.9 Å². The van der Waals surface area contributed by atoms with Crippen LogP contribution in [0, 0.1) is 18.7 Å². The SMILES string of the molecule is Cc1cc(C(=O)NCC(C)C)nc(Nc2ccc(F)cc2)n1. The van der Waals surface area contributed by atoms with Crippen molar-refractivity contribution >= 4 is 17.5 Å². The van der Waals surface area contributed by atoms with Crippen molar-refractivity contribution in [3.8, 4) is 0 Å². The average molecular weight is 302 g/mol. The molecule has 2 rings (SSSR count). The predicted molar refractivity (Wildman–Crippen MR) is 83.6 cm³/mol. The fourth-order valence-electron chi connectivity index (χ4n) is 1.79. The minimum atomic E-state index is -0.315. The van der Waals surface area contributed by atoms with E-state index in [0.717, 1.165) is 0 Å². The summed E-state index contributed by atoms with van der Waals surface area (Å²) >= 11 is 0. The molecule has 2 aromatic rings. The molecule has 0 bridgehead atoms. The maximum atomic E-state index is 12.9. The lowest BCUT2D eigenvalue weighted by atomic mass is 10.2. The molecule has 0 aliphatic rings. The number of benzene rings is 1. The van der Waals surface area contributed by atoms with Crippen molar-refractivity contribution in [2.75, 3.05) is 11.9 Å². The number of amides is 1. The van der Waals surface area contributed by atoms with E-state index in [1.807, 2.05) is 13.8 Å². The van der Waals surface area contributed by atoms with Crippen LogP contribution in [0.1, 0.15) is 30.0 Å². The second-order valence-electron chi connectivity index (χ2n) is 5.45. The molecule has 0 atom stereocenters. The second-order valence-corrected chi connectivity index (χ2v) is 5.45. The number of anilines is 2. The van der Waals surface area contributed by atoms with Crippen LogP contribution in [0.25, 0.3) is 0 Å². The fourth-order valence-corrected chi connectivity index (χ4v) is 1.79. The van der Waals surface area contributed by atoms with Gasteiger partial charge in [0.05, 0.1) is 0 Å². The van der Waals surface area contributed by atoms with Gasteiger partial charge in [0.25, 0.3) is 5.91 Å². The molecule has 116 valence electrons. The van der Waals surface area contributed by atoms with Crippen molar-refractivity contribution in [1.82, 2.24) is 15.3 Å². The van der Waals surface area contributed by atoms with Gasteiger partial charge < -0.3 is 10.6 Å². The number of aromatic nitrogens is 2. The van der Waals surface area contributed by atoms with Gasteiger partial charge in [-0.2, -0.15) is 0 Å². The third-order valence-corrected chi connectivity index (χ3v) is 2.86. The molecule has 0 saturated carbocycles. The monoisotopic (exact) mass is 302 g/mol. The normalized spacial score (nSPS) is 10.6. The molecule has 5 nitrogen and oxygen atoms in total. The first-order valence-electron chi connectivity index (χ1n) is 7.10. The lowest BCUT2D eigenvalue weighted by molar-refractivity contribution is 0.0944. The molecule has 0 fully saturated rings. The molecule has 0 aliphatic heterocycles. The summed E-state index contributed by atoms with van der Waals surface area (Å²) in [7, 11) is 0.